The van der Waals surface area contributed by atoms with Crippen LogP contribution >= 0.6 is 23.3 Å². The zero-order valence-electron chi connectivity index (χ0n) is 12.3. The minimum Gasteiger partial charge on any atom is -0.382 e. The summed E-state index contributed by atoms with van der Waals surface area (Å²) in [6.45, 7) is 2.24. The second-order valence-electron chi connectivity index (χ2n) is 5.53. The predicted octanol–water partition coefficient (Wildman–Crippen LogP) is 3.91. The Morgan fingerprint density at radius 3 is 2.67 bits per heavy atom. The smallest absolute Gasteiger partial charge is 0.153 e. The van der Waals surface area contributed by atoms with Crippen LogP contribution < -0.4 is 10.6 Å². The third-order valence-corrected chi connectivity index (χ3v) is 5.99. The van der Waals surface area contributed by atoms with Gasteiger partial charge < -0.3 is 10.6 Å². The zero-order chi connectivity index (χ0) is 14.7. The largest absolute Gasteiger partial charge is 0.382 e. The number of benzene rings is 1. The van der Waals surface area contributed by atoms with E-state index in [1.54, 1.807) is 23.3 Å². The maximum Gasteiger partial charge on any atom is 0.153 e. The first kappa shape index (κ1) is 14.7. The van der Waals surface area contributed by atoms with Crippen LogP contribution in [0.1, 0.15) is 18.4 Å². The van der Waals surface area contributed by atoms with Crippen LogP contribution in [0.4, 0.5) is 10.8 Å². The monoisotopic (exact) mass is 319 g/mol. The second kappa shape index (κ2) is 6.71. The second-order valence-corrected chi connectivity index (χ2v) is 7.09. The molecule has 0 atom stereocenters. The molecule has 1 fully saturated rings. The molecule has 2 N–H and O–H groups in total. The lowest BCUT2D eigenvalue weighted by Gasteiger charge is -2.33. The van der Waals surface area contributed by atoms with Gasteiger partial charge in [0.2, 0.25) is 0 Å². The summed E-state index contributed by atoms with van der Waals surface area (Å²) in [5.41, 5.74) is 7.40. The molecule has 0 amide bonds. The molecule has 1 aliphatic heterocycles. The number of nitrogens with zero attached hydrogens (tertiary/aromatic N) is 2. The maximum absolute atomic E-state index is 5.94. The minimum absolute atomic E-state index is 0.689. The third kappa shape index (κ3) is 3.35. The van der Waals surface area contributed by atoms with E-state index in [1.807, 2.05) is 0 Å². The van der Waals surface area contributed by atoms with Crippen molar-refractivity contribution in [1.29, 1.82) is 0 Å². The van der Waals surface area contributed by atoms with E-state index in [1.165, 1.54) is 29.8 Å². The Balaban J connectivity index is 1.60. The Kier molecular flexibility index (Phi) is 4.70. The highest BCUT2D eigenvalue weighted by molar-refractivity contribution is 7.99. The van der Waals surface area contributed by atoms with E-state index >= 15 is 0 Å². The molecule has 1 aliphatic rings. The molecule has 0 saturated carbocycles. The fourth-order valence-electron chi connectivity index (χ4n) is 2.97. The van der Waals surface area contributed by atoms with Crippen molar-refractivity contribution in [2.45, 2.75) is 24.2 Å². The predicted molar refractivity (Wildman–Crippen MR) is 93.4 cm³/mol. The fraction of sp³-hybridized carbons (Fsp3) is 0.438. The van der Waals surface area contributed by atoms with Crippen LogP contribution in [0.2, 0.25) is 0 Å². The van der Waals surface area contributed by atoms with Gasteiger partial charge in [0.15, 0.2) is 5.82 Å². The minimum atomic E-state index is 0.689. The molecule has 0 bridgehead atoms. The van der Waals surface area contributed by atoms with Gasteiger partial charge in [-0.15, -0.1) is 11.8 Å². The standard InChI is InChI=1S/C16H21N3S2/c1-20-14-15(17)18-21-16(14)19-9-7-13(8-10-19)11-12-5-3-2-4-6-12/h2-6,13H,7-11H2,1H3,(H2,17,18). The quantitative estimate of drug-likeness (QED) is 0.868. The molecular formula is C16H21N3S2. The Bertz CT molecular complexity index is 574. The number of nitrogen functional groups attached to an aromatic ring is 1. The highest BCUT2D eigenvalue weighted by Crippen LogP contribution is 2.39. The average Bonchev–Trinajstić information content (AvgIpc) is 2.90. The first-order valence-electron chi connectivity index (χ1n) is 7.36. The van der Waals surface area contributed by atoms with Crippen molar-refractivity contribution in [3.8, 4) is 0 Å². The van der Waals surface area contributed by atoms with E-state index in [0.717, 1.165) is 23.9 Å². The number of rotatable bonds is 4. The first-order chi connectivity index (χ1) is 10.3. The van der Waals surface area contributed by atoms with E-state index in [0.29, 0.717) is 5.82 Å². The molecule has 3 nitrogen and oxygen atoms in total. The molecule has 2 aromatic rings. The average molecular weight is 319 g/mol. The van der Waals surface area contributed by atoms with Gasteiger partial charge in [-0.2, -0.15) is 4.37 Å². The van der Waals surface area contributed by atoms with Crippen molar-refractivity contribution in [3.63, 3.8) is 0 Å². The molecule has 0 radical (unpaired) electrons. The van der Waals surface area contributed by atoms with Crippen molar-refractivity contribution in [1.82, 2.24) is 4.37 Å². The van der Waals surface area contributed by atoms with Crippen LogP contribution in [0.3, 0.4) is 0 Å². The molecule has 112 valence electrons. The molecule has 0 spiro atoms. The van der Waals surface area contributed by atoms with Crippen molar-refractivity contribution < 1.29 is 0 Å². The summed E-state index contributed by atoms with van der Waals surface area (Å²) >= 11 is 3.25. The molecule has 21 heavy (non-hydrogen) atoms. The first-order valence-corrected chi connectivity index (χ1v) is 9.35. The Morgan fingerprint density at radius 2 is 2.00 bits per heavy atom. The molecule has 2 heterocycles. The summed E-state index contributed by atoms with van der Waals surface area (Å²) in [5, 5.41) is 1.26. The lowest BCUT2D eigenvalue weighted by Crippen LogP contribution is -2.34. The molecule has 1 aromatic heterocycles. The summed E-state index contributed by atoms with van der Waals surface area (Å²) in [5.74, 6) is 1.49. The summed E-state index contributed by atoms with van der Waals surface area (Å²) in [7, 11) is 0. The Hall–Kier alpha value is -1.20. The van der Waals surface area contributed by atoms with Crippen molar-refractivity contribution in [3.05, 3.63) is 35.9 Å². The molecule has 1 saturated heterocycles. The van der Waals surface area contributed by atoms with Crippen LogP contribution in [0.25, 0.3) is 0 Å². The van der Waals surface area contributed by atoms with Crippen molar-refractivity contribution >= 4 is 34.1 Å². The zero-order valence-corrected chi connectivity index (χ0v) is 13.9. The van der Waals surface area contributed by atoms with Crippen LogP contribution in [-0.2, 0) is 6.42 Å². The number of hydrogen-bond acceptors (Lipinski definition) is 5. The molecule has 1 aromatic carbocycles. The van der Waals surface area contributed by atoms with E-state index in [2.05, 4.69) is 45.9 Å². The Labute approximate surface area is 134 Å². The highest BCUT2D eigenvalue weighted by atomic mass is 32.2. The van der Waals surface area contributed by atoms with Crippen LogP contribution in [0.5, 0.6) is 0 Å². The van der Waals surface area contributed by atoms with E-state index in [9.17, 15) is 0 Å². The normalized spacial score (nSPS) is 16.3. The van der Waals surface area contributed by atoms with Gasteiger partial charge in [0.05, 0.1) is 4.90 Å². The summed E-state index contributed by atoms with van der Waals surface area (Å²) in [6.07, 6.45) is 5.78. The summed E-state index contributed by atoms with van der Waals surface area (Å²) in [6, 6.07) is 10.8. The lowest BCUT2D eigenvalue weighted by atomic mass is 9.90. The van der Waals surface area contributed by atoms with E-state index in [-0.39, 0.29) is 0 Å². The lowest BCUT2D eigenvalue weighted by molar-refractivity contribution is 0.404. The fourth-order valence-corrected chi connectivity index (χ4v) is 4.71. The van der Waals surface area contributed by atoms with Gasteiger partial charge in [-0.1, -0.05) is 30.3 Å². The summed E-state index contributed by atoms with van der Waals surface area (Å²) in [4.78, 5) is 3.61. The van der Waals surface area contributed by atoms with Gasteiger partial charge in [0.1, 0.15) is 5.00 Å². The third-order valence-electron chi connectivity index (χ3n) is 4.13. The van der Waals surface area contributed by atoms with E-state index < -0.39 is 0 Å². The van der Waals surface area contributed by atoms with Gasteiger partial charge in [0, 0.05) is 13.1 Å². The topological polar surface area (TPSA) is 42.1 Å². The maximum atomic E-state index is 5.94. The van der Waals surface area contributed by atoms with Crippen LogP contribution in [0, 0.1) is 5.92 Å². The van der Waals surface area contributed by atoms with Gasteiger partial charge >= 0.3 is 0 Å². The van der Waals surface area contributed by atoms with Crippen LogP contribution in [-0.4, -0.2) is 23.7 Å². The van der Waals surface area contributed by atoms with Crippen LogP contribution in [0.15, 0.2) is 35.2 Å². The molecule has 0 aliphatic carbocycles. The van der Waals surface area contributed by atoms with Gasteiger partial charge in [-0.05, 0) is 48.5 Å². The summed E-state index contributed by atoms with van der Waals surface area (Å²) < 4.78 is 4.31. The number of thioether (sulfide) groups is 1. The van der Waals surface area contributed by atoms with E-state index in [4.69, 9.17) is 5.73 Å². The SMILES string of the molecule is CSc1c(N)nsc1N1CCC(Cc2ccccc2)CC1. The number of anilines is 2. The number of aromatic nitrogens is 1. The molecule has 3 rings (SSSR count). The Morgan fingerprint density at radius 1 is 1.29 bits per heavy atom. The molecular weight excluding hydrogens is 298 g/mol. The molecule has 0 unspecified atom stereocenters. The number of hydrogen-bond donors (Lipinski definition) is 1. The van der Waals surface area contributed by atoms with Gasteiger partial charge in [-0.3, -0.25) is 0 Å². The number of nitrogens with two attached hydrogens (primary N) is 1. The van der Waals surface area contributed by atoms with Crippen molar-refractivity contribution in [2.75, 3.05) is 30.0 Å². The number of piperidine rings is 1. The highest BCUT2D eigenvalue weighted by Gasteiger charge is 2.23. The van der Waals surface area contributed by atoms with Crippen molar-refractivity contribution in [2.24, 2.45) is 5.92 Å². The van der Waals surface area contributed by atoms with Gasteiger partial charge in [-0.25, -0.2) is 0 Å². The van der Waals surface area contributed by atoms with Gasteiger partial charge in [0.25, 0.3) is 0 Å². The molecule has 5 heteroatoms.